The second kappa shape index (κ2) is 10.7. The van der Waals surface area contributed by atoms with Crippen molar-refractivity contribution in [3.63, 3.8) is 0 Å². The number of anilines is 1. The van der Waals surface area contributed by atoms with Gasteiger partial charge < -0.3 is 20.3 Å². The van der Waals surface area contributed by atoms with Crippen LogP contribution in [-0.4, -0.2) is 63.0 Å². The summed E-state index contributed by atoms with van der Waals surface area (Å²) < 4.78 is 5.77. The molecule has 1 aliphatic heterocycles. The molecule has 3 amide bonds. The average molecular weight is 449 g/mol. The summed E-state index contributed by atoms with van der Waals surface area (Å²) in [6.45, 7) is 2.31. The Balaban J connectivity index is 1.66. The molecule has 33 heavy (non-hydrogen) atoms. The lowest BCUT2D eigenvalue weighted by Crippen LogP contribution is -2.53. The van der Waals surface area contributed by atoms with Crippen LogP contribution in [0.5, 0.6) is 5.75 Å². The molecule has 2 aromatic rings. The van der Waals surface area contributed by atoms with Crippen LogP contribution in [0.1, 0.15) is 24.1 Å². The normalized spacial score (nSPS) is 16.0. The summed E-state index contributed by atoms with van der Waals surface area (Å²) in [6, 6.07) is 13.3. The van der Waals surface area contributed by atoms with Crippen LogP contribution in [0.3, 0.4) is 0 Å². The summed E-state index contributed by atoms with van der Waals surface area (Å²) in [7, 11) is 5.47. The van der Waals surface area contributed by atoms with Crippen LogP contribution in [0.25, 0.3) is 0 Å². The third-order valence-electron chi connectivity index (χ3n) is 5.14. The first kappa shape index (κ1) is 23.8. The molecule has 3 rings (SSSR count). The van der Waals surface area contributed by atoms with Crippen molar-refractivity contribution >= 4 is 23.4 Å². The van der Waals surface area contributed by atoms with Crippen molar-refractivity contribution in [2.45, 2.75) is 19.0 Å². The Morgan fingerprint density at radius 1 is 1.18 bits per heavy atom. The van der Waals surface area contributed by atoms with Crippen LogP contribution in [-0.2, 0) is 14.4 Å². The number of nitrogens with one attached hydrogen (secondary N) is 2. The molecule has 0 saturated carbocycles. The number of hydrogen-bond acceptors (Lipinski definition) is 5. The molecule has 0 aromatic heterocycles. The zero-order chi connectivity index (χ0) is 24.0. The van der Waals surface area contributed by atoms with E-state index in [-0.39, 0.29) is 18.6 Å². The van der Waals surface area contributed by atoms with Gasteiger partial charge >= 0.3 is 11.8 Å². The zero-order valence-electron chi connectivity index (χ0n) is 19.2. The number of fused-ring (bicyclic) bond motifs is 1. The van der Waals surface area contributed by atoms with Gasteiger partial charge in [-0.1, -0.05) is 42.2 Å². The summed E-state index contributed by atoms with van der Waals surface area (Å²) in [5.74, 6) is 4.52. The number of carbonyl (C=O) groups excluding carboxylic acids is 3. The molecule has 2 aromatic carbocycles. The first-order chi connectivity index (χ1) is 15.8. The second-order valence-electron chi connectivity index (χ2n) is 8.06. The van der Waals surface area contributed by atoms with Crippen LogP contribution in [0.4, 0.5) is 5.69 Å². The van der Waals surface area contributed by atoms with E-state index >= 15 is 0 Å². The molecule has 2 N–H and O–H groups in total. The molecule has 0 fully saturated rings. The van der Waals surface area contributed by atoms with E-state index in [1.165, 1.54) is 4.90 Å². The SMILES string of the molecule is C[C@@H](NC(=O)C(=O)N[C@H]1COc2ccc(C#CCN(C)C)cc2N(C)C1=O)c1ccccc1. The molecule has 0 bridgehead atoms. The monoisotopic (exact) mass is 448 g/mol. The van der Waals surface area contributed by atoms with Crippen molar-refractivity contribution in [1.82, 2.24) is 15.5 Å². The lowest BCUT2D eigenvalue weighted by molar-refractivity contribution is -0.141. The van der Waals surface area contributed by atoms with Gasteiger partial charge in [0.05, 0.1) is 18.3 Å². The highest BCUT2D eigenvalue weighted by Gasteiger charge is 2.32. The van der Waals surface area contributed by atoms with E-state index in [0.717, 1.165) is 11.1 Å². The fourth-order valence-corrected chi connectivity index (χ4v) is 3.29. The largest absolute Gasteiger partial charge is 0.489 e. The number of amides is 3. The molecule has 2 atom stereocenters. The Kier molecular flexibility index (Phi) is 7.70. The van der Waals surface area contributed by atoms with E-state index in [9.17, 15) is 14.4 Å². The fourth-order valence-electron chi connectivity index (χ4n) is 3.29. The maximum absolute atomic E-state index is 13.0. The number of nitrogens with zero attached hydrogens (tertiary/aromatic N) is 2. The fraction of sp³-hybridized carbons (Fsp3) is 0.320. The van der Waals surface area contributed by atoms with E-state index in [4.69, 9.17) is 4.74 Å². The third kappa shape index (κ3) is 6.11. The van der Waals surface area contributed by atoms with Crippen molar-refractivity contribution in [2.24, 2.45) is 0 Å². The number of likely N-dealkylation sites (N-methyl/N-ethyl adjacent to an activating group) is 1. The van der Waals surface area contributed by atoms with E-state index in [0.29, 0.717) is 18.0 Å². The van der Waals surface area contributed by atoms with E-state index in [2.05, 4.69) is 22.5 Å². The minimum atomic E-state index is -1.00. The van der Waals surface area contributed by atoms with Crippen LogP contribution >= 0.6 is 0 Å². The number of benzene rings is 2. The van der Waals surface area contributed by atoms with Gasteiger partial charge in [-0.25, -0.2) is 0 Å². The Morgan fingerprint density at radius 2 is 1.91 bits per heavy atom. The molecular formula is C25H28N4O4. The Hall–Kier alpha value is -3.83. The van der Waals surface area contributed by atoms with Crippen molar-refractivity contribution in [3.8, 4) is 17.6 Å². The summed E-state index contributed by atoms with van der Waals surface area (Å²) in [5, 5.41) is 5.14. The highest BCUT2D eigenvalue weighted by Crippen LogP contribution is 2.31. The molecular weight excluding hydrogens is 420 g/mol. The third-order valence-corrected chi connectivity index (χ3v) is 5.14. The van der Waals surface area contributed by atoms with E-state index in [1.54, 1.807) is 26.1 Å². The molecule has 1 heterocycles. The second-order valence-corrected chi connectivity index (χ2v) is 8.06. The predicted octanol–water partition coefficient (Wildman–Crippen LogP) is 1.32. The highest BCUT2D eigenvalue weighted by molar-refractivity contribution is 6.35. The van der Waals surface area contributed by atoms with Crippen molar-refractivity contribution in [1.29, 1.82) is 0 Å². The lowest BCUT2D eigenvalue weighted by atomic mass is 10.1. The molecule has 0 aliphatic carbocycles. The number of hydrogen-bond donors (Lipinski definition) is 2. The van der Waals surface area contributed by atoms with Crippen LogP contribution in [0.15, 0.2) is 48.5 Å². The van der Waals surface area contributed by atoms with Crippen LogP contribution < -0.4 is 20.3 Å². The minimum Gasteiger partial charge on any atom is -0.489 e. The van der Waals surface area contributed by atoms with Gasteiger partial charge in [0.15, 0.2) is 0 Å². The predicted molar refractivity (Wildman–Crippen MR) is 126 cm³/mol. The molecule has 8 heteroatoms. The van der Waals surface area contributed by atoms with Crippen LogP contribution in [0, 0.1) is 11.8 Å². The van der Waals surface area contributed by atoms with E-state index in [1.807, 2.05) is 55.4 Å². The Bertz CT molecular complexity index is 1090. The molecule has 0 spiro atoms. The Morgan fingerprint density at radius 3 is 2.61 bits per heavy atom. The Labute approximate surface area is 193 Å². The standard InChI is InChI=1S/C25H28N4O4/c1-17(19-10-6-5-7-11-19)26-23(30)24(31)27-20-16-33-22-13-12-18(9-8-14-28(2)3)15-21(22)29(4)25(20)32/h5-7,10-13,15,17,20H,14,16H2,1-4H3,(H,26,30)(H,27,31)/t17-,20+/m1/s1. The number of ether oxygens (including phenoxy) is 1. The first-order valence-electron chi connectivity index (χ1n) is 10.6. The summed E-state index contributed by atoms with van der Waals surface area (Å²) >= 11 is 0. The molecule has 0 saturated heterocycles. The summed E-state index contributed by atoms with van der Waals surface area (Å²) in [6.07, 6.45) is 0. The maximum Gasteiger partial charge on any atom is 0.310 e. The first-order valence-corrected chi connectivity index (χ1v) is 10.6. The lowest BCUT2D eigenvalue weighted by Gasteiger charge is -2.21. The number of rotatable bonds is 4. The molecule has 8 nitrogen and oxygen atoms in total. The molecule has 0 unspecified atom stereocenters. The van der Waals surface area contributed by atoms with Crippen molar-refractivity contribution in [2.75, 3.05) is 39.2 Å². The molecule has 0 radical (unpaired) electrons. The van der Waals surface area contributed by atoms with E-state index < -0.39 is 17.9 Å². The van der Waals surface area contributed by atoms with Gasteiger partial charge in [0.1, 0.15) is 18.4 Å². The maximum atomic E-state index is 13.0. The topological polar surface area (TPSA) is 91.0 Å². The zero-order valence-corrected chi connectivity index (χ0v) is 19.2. The van der Waals surface area contributed by atoms with Crippen molar-refractivity contribution < 1.29 is 19.1 Å². The summed E-state index contributed by atoms with van der Waals surface area (Å²) in [4.78, 5) is 41.2. The quantitative estimate of drug-likeness (QED) is 0.544. The van der Waals surface area contributed by atoms with Gasteiger partial charge in [0.2, 0.25) is 0 Å². The number of carbonyl (C=O) groups is 3. The van der Waals surface area contributed by atoms with Gasteiger partial charge in [-0.2, -0.15) is 0 Å². The smallest absolute Gasteiger partial charge is 0.310 e. The highest BCUT2D eigenvalue weighted by atomic mass is 16.5. The summed E-state index contributed by atoms with van der Waals surface area (Å²) in [5.41, 5.74) is 2.17. The van der Waals surface area contributed by atoms with Crippen LogP contribution in [0.2, 0.25) is 0 Å². The average Bonchev–Trinajstić information content (AvgIpc) is 2.91. The molecule has 1 aliphatic rings. The van der Waals surface area contributed by atoms with Crippen molar-refractivity contribution in [3.05, 3.63) is 59.7 Å². The van der Waals surface area contributed by atoms with Gasteiger partial charge in [-0.3, -0.25) is 19.3 Å². The molecule has 172 valence electrons. The minimum absolute atomic E-state index is 0.0882. The van der Waals surface area contributed by atoms with Gasteiger partial charge in [-0.05, 0) is 44.8 Å². The van der Waals surface area contributed by atoms with Gasteiger partial charge in [0, 0.05) is 12.6 Å². The van der Waals surface area contributed by atoms with Gasteiger partial charge in [0.25, 0.3) is 5.91 Å². The van der Waals surface area contributed by atoms with Gasteiger partial charge in [-0.15, -0.1) is 0 Å².